The van der Waals surface area contributed by atoms with Gasteiger partial charge in [-0.1, -0.05) is 30.3 Å². The number of nitrogens with one attached hydrogen (secondary N) is 1. The lowest BCUT2D eigenvalue weighted by Gasteiger charge is -2.14. The molecule has 0 spiro atoms. The molecule has 0 aliphatic rings. The number of thiophene rings is 1. The van der Waals surface area contributed by atoms with Crippen molar-refractivity contribution in [1.29, 1.82) is 0 Å². The number of fused-ring (bicyclic) bond motifs is 1. The Balaban J connectivity index is 1.65. The summed E-state index contributed by atoms with van der Waals surface area (Å²) < 4.78 is 0.856. The predicted molar refractivity (Wildman–Crippen MR) is 124 cm³/mol. The Morgan fingerprint density at radius 1 is 1.16 bits per heavy atom. The third-order valence-corrected chi connectivity index (χ3v) is 5.65. The first-order valence-corrected chi connectivity index (χ1v) is 10.6. The number of nitrogens with two attached hydrogens (primary N) is 1. The monoisotopic (exact) mass is 431 g/mol. The number of carboxylic acid groups (broad SMARTS) is 1. The Kier molecular flexibility index (Phi) is 6.30. The highest BCUT2D eigenvalue weighted by atomic mass is 32.1. The van der Waals surface area contributed by atoms with Crippen LogP contribution in [0.1, 0.15) is 11.1 Å². The van der Waals surface area contributed by atoms with Crippen molar-refractivity contribution >= 4 is 39.4 Å². The molecule has 0 amide bonds. The van der Waals surface area contributed by atoms with Crippen molar-refractivity contribution in [3.8, 4) is 11.4 Å². The first kappa shape index (κ1) is 20.6. The molecule has 0 bridgehead atoms. The lowest BCUT2D eigenvalue weighted by atomic mass is 10.1. The summed E-state index contributed by atoms with van der Waals surface area (Å²) in [5, 5.41) is 14.2. The Morgan fingerprint density at radius 3 is 2.68 bits per heavy atom. The Morgan fingerprint density at radius 2 is 1.94 bits per heavy atom. The summed E-state index contributed by atoms with van der Waals surface area (Å²) >= 11 is 1.47. The smallest absolute Gasteiger partial charge is 0.328 e. The molecule has 0 fully saturated rings. The predicted octanol–water partition coefficient (Wildman–Crippen LogP) is 3.83. The van der Waals surface area contributed by atoms with Crippen LogP contribution in [-0.4, -0.2) is 38.6 Å². The fourth-order valence-corrected chi connectivity index (χ4v) is 4.12. The van der Waals surface area contributed by atoms with Crippen molar-refractivity contribution in [2.45, 2.75) is 12.5 Å². The van der Waals surface area contributed by atoms with E-state index in [1.165, 1.54) is 16.9 Å². The van der Waals surface area contributed by atoms with Gasteiger partial charge in [-0.25, -0.2) is 14.8 Å². The summed E-state index contributed by atoms with van der Waals surface area (Å²) in [6.07, 6.45) is 6.78. The van der Waals surface area contributed by atoms with Crippen LogP contribution < -0.4 is 11.1 Å². The van der Waals surface area contributed by atoms with Crippen molar-refractivity contribution in [1.82, 2.24) is 15.0 Å². The molecule has 4 aromatic rings. The van der Waals surface area contributed by atoms with Crippen molar-refractivity contribution in [2.75, 3.05) is 11.9 Å². The summed E-state index contributed by atoms with van der Waals surface area (Å²) in [5.74, 6) is 0.214. The van der Waals surface area contributed by atoms with Crippen LogP contribution in [0.15, 0.2) is 66.3 Å². The highest BCUT2D eigenvalue weighted by molar-refractivity contribution is 7.18. The minimum Gasteiger partial charge on any atom is -0.478 e. The van der Waals surface area contributed by atoms with Gasteiger partial charge in [0, 0.05) is 47.6 Å². The summed E-state index contributed by atoms with van der Waals surface area (Å²) in [7, 11) is 0. The molecule has 0 saturated carbocycles. The quantitative estimate of drug-likeness (QED) is 0.363. The van der Waals surface area contributed by atoms with Gasteiger partial charge in [0.25, 0.3) is 0 Å². The minimum atomic E-state index is -1.01. The molecule has 0 radical (unpaired) electrons. The van der Waals surface area contributed by atoms with Gasteiger partial charge in [-0.2, -0.15) is 0 Å². The van der Waals surface area contributed by atoms with E-state index in [-0.39, 0.29) is 6.04 Å². The van der Waals surface area contributed by atoms with Crippen LogP contribution in [0.2, 0.25) is 0 Å². The molecule has 0 aliphatic heterocycles. The Bertz CT molecular complexity index is 1210. The molecular weight excluding hydrogens is 410 g/mol. The number of nitrogens with zero attached hydrogens (tertiary/aromatic N) is 3. The molecule has 3 heterocycles. The van der Waals surface area contributed by atoms with Gasteiger partial charge in [-0.3, -0.25) is 4.98 Å². The van der Waals surface area contributed by atoms with Gasteiger partial charge < -0.3 is 16.2 Å². The summed E-state index contributed by atoms with van der Waals surface area (Å²) in [6.45, 7) is 0.537. The summed E-state index contributed by atoms with van der Waals surface area (Å²) in [4.78, 5) is 24.4. The number of aromatic nitrogens is 3. The number of aliphatic carboxylic acids is 1. The van der Waals surface area contributed by atoms with Crippen LogP contribution in [0.3, 0.4) is 0 Å². The second kappa shape index (κ2) is 9.46. The number of carboxylic acids is 1. The van der Waals surface area contributed by atoms with E-state index in [0.717, 1.165) is 28.3 Å². The number of rotatable bonds is 8. The van der Waals surface area contributed by atoms with Crippen molar-refractivity contribution < 1.29 is 9.90 Å². The lowest BCUT2D eigenvalue weighted by molar-refractivity contribution is -0.131. The maximum atomic E-state index is 11.0. The van der Waals surface area contributed by atoms with E-state index >= 15 is 0 Å². The average molecular weight is 432 g/mol. The van der Waals surface area contributed by atoms with Crippen LogP contribution in [-0.2, 0) is 11.2 Å². The molecule has 8 heteroatoms. The second-order valence-electron chi connectivity index (χ2n) is 7.00. The van der Waals surface area contributed by atoms with Gasteiger partial charge in [0.2, 0.25) is 0 Å². The summed E-state index contributed by atoms with van der Waals surface area (Å²) in [5.41, 5.74) is 9.78. The fraction of sp³-hybridized carbons (Fsp3) is 0.130. The molecule has 7 nitrogen and oxygen atoms in total. The third kappa shape index (κ3) is 5.11. The zero-order valence-electron chi connectivity index (χ0n) is 16.6. The van der Waals surface area contributed by atoms with E-state index in [2.05, 4.69) is 22.4 Å². The molecule has 0 aliphatic carbocycles. The number of carbonyl (C=O) groups is 1. The third-order valence-electron chi connectivity index (χ3n) is 4.66. The fourth-order valence-electron chi connectivity index (χ4n) is 3.18. The first-order chi connectivity index (χ1) is 15.1. The van der Waals surface area contributed by atoms with Gasteiger partial charge in [0.1, 0.15) is 5.82 Å². The summed E-state index contributed by atoms with van der Waals surface area (Å²) in [6, 6.07) is 13.7. The van der Waals surface area contributed by atoms with Gasteiger partial charge in [-0.05, 0) is 30.2 Å². The molecule has 1 aromatic carbocycles. The van der Waals surface area contributed by atoms with Crippen molar-refractivity contribution in [3.63, 3.8) is 0 Å². The van der Waals surface area contributed by atoms with Crippen LogP contribution in [0.5, 0.6) is 0 Å². The molecule has 1 atom stereocenters. The SMILES string of the molecule is NC(CNc1nc(-c2ccncc2)nc2c(/C=C/C(=O)O)csc12)Cc1ccccc1. The van der Waals surface area contributed by atoms with E-state index in [0.29, 0.717) is 23.7 Å². The highest BCUT2D eigenvalue weighted by Gasteiger charge is 2.15. The number of benzene rings is 1. The van der Waals surface area contributed by atoms with Crippen LogP contribution >= 0.6 is 11.3 Å². The van der Waals surface area contributed by atoms with Crippen LogP contribution in [0.4, 0.5) is 5.82 Å². The molecule has 31 heavy (non-hydrogen) atoms. The topological polar surface area (TPSA) is 114 Å². The molecule has 3 aromatic heterocycles. The highest BCUT2D eigenvalue weighted by Crippen LogP contribution is 2.33. The molecule has 1 unspecified atom stereocenters. The van der Waals surface area contributed by atoms with E-state index < -0.39 is 5.97 Å². The largest absolute Gasteiger partial charge is 0.478 e. The normalized spacial score (nSPS) is 12.3. The molecular formula is C23H21N5O2S. The van der Waals surface area contributed by atoms with E-state index in [9.17, 15) is 4.79 Å². The van der Waals surface area contributed by atoms with Crippen molar-refractivity contribution in [3.05, 3.63) is 77.4 Å². The van der Waals surface area contributed by atoms with Gasteiger partial charge in [0.05, 0.1) is 10.2 Å². The lowest BCUT2D eigenvalue weighted by Crippen LogP contribution is -2.31. The number of hydrogen-bond donors (Lipinski definition) is 3. The van der Waals surface area contributed by atoms with E-state index in [1.54, 1.807) is 18.5 Å². The molecule has 0 saturated heterocycles. The number of hydrogen-bond acceptors (Lipinski definition) is 7. The molecule has 156 valence electrons. The minimum absolute atomic E-state index is 0.0943. The average Bonchev–Trinajstić information content (AvgIpc) is 3.20. The zero-order chi connectivity index (χ0) is 21.6. The molecule has 4 rings (SSSR count). The maximum Gasteiger partial charge on any atom is 0.328 e. The van der Waals surface area contributed by atoms with E-state index in [1.807, 2.05) is 35.7 Å². The standard InChI is InChI=1S/C23H21N5O2S/c24-18(12-15-4-2-1-3-5-15)13-26-23-21-20(17(14-31-21)6-7-19(29)30)27-22(28-23)16-8-10-25-11-9-16/h1-11,14,18H,12-13,24H2,(H,29,30)(H,26,27,28)/b7-6+. The zero-order valence-corrected chi connectivity index (χ0v) is 17.4. The number of anilines is 1. The van der Waals surface area contributed by atoms with Gasteiger partial charge in [-0.15, -0.1) is 11.3 Å². The second-order valence-corrected chi connectivity index (χ2v) is 7.88. The van der Waals surface area contributed by atoms with Gasteiger partial charge in [0.15, 0.2) is 5.82 Å². The first-order valence-electron chi connectivity index (χ1n) is 9.74. The van der Waals surface area contributed by atoms with Crippen molar-refractivity contribution in [2.24, 2.45) is 5.73 Å². The number of pyridine rings is 1. The Hall–Kier alpha value is -3.62. The van der Waals surface area contributed by atoms with Gasteiger partial charge >= 0.3 is 5.97 Å². The Labute approximate surface area is 183 Å². The van der Waals surface area contributed by atoms with E-state index in [4.69, 9.17) is 20.8 Å². The van der Waals surface area contributed by atoms with Crippen LogP contribution in [0.25, 0.3) is 27.7 Å². The maximum absolute atomic E-state index is 11.0. The molecule has 4 N–H and O–H groups in total. The van der Waals surface area contributed by atoms with Crippen LogP contribution in [0, 0.1) is 0 Å².